The van der Waals surface area contributed by atoms with E-state index in [0.717, 1.165) is 32.1 Å². The second kappa shape index (κ2) is 7.22. The Morgan fingerprint density at radius 1 is 0.852 bits per heavy atom. The van der Waals surface area contributed by atoms with Crippen LogP contribution in [0.2, 0.25) is 5.02 Å². The van der Waals surface area contributed by atoms with Crippen LogP contribution in [-0.2, 0) is 4.74 Å². The van der Waals surface area contributed by atoms with Crippen molar-refractivity contribution < 1.29 is 9.53 Å². The Balaban J connectivity index is 1.96. The van der Waals surface area contributed by atoms with Gasteiger partial charge in [-0.15, -0.1) is 0 Å². The molecule has 0 N–H and O–H groups in total. The molecule has 4 aromatic carbocycles. The molecule has 0 bridgehead atoms. The molecule has 0 atom stereocenters. The van der Waals surface area contributed by atoms with Gasteiger partial charge in [0.1, 0.15) is 0 Å². The van der Waals surface area contributed by atoms with Crippen molar-refractivity contribution in [2.75, 3.05) is 7.11 Å². The second-order valence-corrected chi connectivity index (χ2v) is 6.46. The number of nitrogens with zero attached hydrogens (tertiary/aromatic N) is 1. The highest BCUT2D eigenvalue weighted by molar-refractivity contribution is 6.42. The van der Waals surface area contributed by atoms with Gasteiger partial charge >= 0.3 is 5.97 Å². The number of halogens is 1. The second-order valence-electron chi connectivity index (χ2n) is 6.09. The molecule has 0 radical (unpaired) electrons. The Morgan fingerprint density at radius 3 is 1.96 bits per heavy atom. The number of carbonyl (C=O) groups is 1. The summed E-state index contributed by atoms with van der Waals surface area (Å²) in [6.07, 6.45) is 1.79. The average Bonchev–Trinajstić information content (AvgIpc) is 2.73. The summed E-state index contributed by atoms with van der Waals surface area (Å²) in [5.74, 6) is -0.409. The number of ether oxygens (including phenoxy) is 1. The van der Waals surface area contributed by atoms with Gasteiger partial charge in [0.25, 0.3) is 0 Å². The van der Waals surface area contributed by atoms with Crippen molar-refractivity contribution in [2.24, 2.45) is 4.99 Å². The molecular weight excluding hydrogens is 358 g/mol. The summed E-state index contributed by atoms with van der Waals surface area (Å²) in [4.78, 5) is 16.6. The molecule has 0 fully saturated rings. The van der Waals surface area contributed by atoms with E-state index < -0.39 is 5.97 Å². The third-order valence-electron chi connectivity index (χ3n) is 4.55. The van der Waals surface area contributed by atoms with Crippen molar-refractivity contribution in [1.82, 2.24) is 0 Å². The highest BCUT2D eigenvalue weighted by Gasteiger charge is 2.12. The third-order valence-corrected chi connectivity index (χ3v) is 4.96. The first-order chi connectivity index (χ1) is 13.2. The Labute approximate surface area is 161 Å². The Kier molecular flexibility index (Phi) is 4.61. The molecule has 0 heterocycles. The predicted molar refractivity (Wildman–Crippen MR) is 111 cm³/mol. The smallest absolute Gasteiger partial charge is 0.340 e. The van der Waals surface area contributed by atoms with Gasteiger partial charge < -0.3 is 4.74 Å². The zero-order valence-electron chi connectivity index (χ0n) is 14.6. The number of methoxy groups -OCH3 is 1. The van der Waals surface area contributed by atoms with Gasteiger partial charge in [0.05, 0.1) is 23.4 Å². The van der Waals surface area contributed by atoms with Gasteiger partial charge in [0.15, 0.2) is 0 Å². The van der Waals surface area contributed by atoms with Gasteiger partial charge in [-0.3, -0.25) is 4.99 Å². The zero-order chi connectivity index (χ0) is 18.8. The Morgan fingerprint density at radius 2 is 1.37 bits per heavy atom. The van der Waals surface area contributed by atoms with Crippen LogP contribution in [0, 0.1) is 0 Å². The molecule has 0 spiro atoms. The van der Waals surface area contributed by atoms with Crippen LogP contribution in [0.15, 0.2) is 77.8 Å². The van der Waals surface area contributed by atoms with Crippen molar-refractivity contribution in [3.63, 3.8) is 0 Å². The van der Waals surface area contributed by atoms with E-state index in [-0.39, 0.29) is 0 Å². The minimum Gasteiger partial charge on any atom is -0.465 e. The molecule has 4 aromatic rings. The first-order valence-electron chi connectivity index (χ1n) is 8.51. The molecule has 27 heavy (non-hydrogen) atoms. The number of hydrogen-bond acceptors (Lipinski definition) is 3. The lowest BCUT2D eigenvalue weighted by Crippen LogP contribution is -2.01. The number of carbonyl (C=O) groups excluding carboxylic acids is 1. The number of benzene rings is 4. The number of hydrogen-bond donors (Lipinski definition) is 0. The van der Waals surface area contributed by atoms with Crippen molar-refractivity contribution in [3.05, 3.63) is 88.9 Å². The molecule has 0 aliphatic heterocycles. The van der Waals surface area contributed by atoms with Crippen molar-refractivity contribution in [2.45, 2.75) is 0 Å². The molecule has 0 aliphatic rings. The van der Waals surface area contributed by atoms with Crippen LogP contribution in [0.25, 0.3) is 21.5 Å². The maximum Gasteiger partial charge on any atom is 0.340 e. The fraction of sp³-hybridized carbons (Fsp3) is 0.0435. The molecule has 3 nitrogen and oxygen atoms in total. The van der Waals surface area contributed by atoms with Crippen LogP contribution >= 0.6 is 11.6 Å². The largest absolute Gasteiger partial charge is 0.465 e. The highest BCUT2D eigenvalue weighted by atomic mass is 35.5. The molecular formula is C23H16ClNO2. The summed E-state index contributed by atoms with van der Waals surface area (Å²) in [6.45, 7) is 0. The number of fused-ring (bicyclic) bond motifs is 2. The summed E-state index contributed by atoms with van der Waals surface area (Å²) in [5.41, 5.74) is 1.96. The Bertz CT molecular complexity index is 1140. The number of rotatable bonds is 3. The molecule has 132 valence electrons. The van der Waals surface area contributed by atoms with Crippen LogP contribution < -0.4 is 0 Å². The summed E-state index contributed by atoms with van der Waals surface area (Å²) in [7, 11) is 1.36. The number of aliphatic imine (C=N–C) groups is 1. The van der Waals surface area contributed by atoms with E-state index in [1.807, 2.05) is 54.6 Å². The van der Waals surface area contributed by atoms with Crippen LogP contribution in [0.3, 0.4) is 0 Å². The molecule has 0 aromatic heterocycles. The molecule has 4 rings (SSSR count). The molecule has 0 aliphatic carbocycles. The topological polar surface area (TPSA) is 38.7 Å². The fourth-order valence-electron chi connectivity index (χ4n) is 3.25. The van der Waals surface area contributed by atoms with E-state index in [1.54, 1.807) is 24.4 Å². The Hall–Kier alpha value is -3.17. The average molecular weight is 374 g/mol. The van der Waals surface area contributed by atoms with Crippen LogP contribution in [0.4, 0.5) is 5.69 Å². The quantitative estimate of drug-likeness (QED) is 0.244. The van der Waals surface area contributed by atoms with E-state index in [0.29, 0.717) is 11.3 Å². The van der Waals surface area contributed by atoms with Gasteiger partial charge in [-0.1, -0.05) is 72.3 Å². The van der Waals surface area contributed by atoms with Gasteiger partial charge in [0.2, 0.25) is 0 Å². The normalized spacial score (nSPS) is 11.3. The van der Waals surface area contributed by atoms with E-state index in [2.05, 4.69) is 4.99 Å². The SMILES string of the molecule is COC(=O)c1ccccc1N=Cc1c2ccccc2c(Cl)c2ccccc12. The first-order valence-corrected chi connectivity index (χ1v) is 8.89. The fourth-order valence-corrected chi connectivity index (χ4v) is 3.58. The standard InChI is InChI=1S/C23H16ClNO2/c1-27-23(26)19-12-6-7-13-21(19)25-14-20-15-8-2-4-10-17(15)22(24)18-11-5-3-9-16(18)20/h2-14H,1H3. The predicted octanol–water partition coefficient (Wildman–Crippen LogP) is 6.18. The lowest BCUT2D eigenvalue weighted by atomic mass is 9.97. The monoisotopic (exact) mass is 373 g/mol. The molecule has 4 heteroatoms. The van der Waals surface area contributed by atoms with Gasteiger partial charge in [-0.25, -0.2) is 4.79 Å². The van der Waals surface area contributed by atoms with Crippen molar-refractivity contribution in [3.8, 4) is 0 Å². The van der Waals surface area contributed by atoms with E-state index in [1.165, 1.54) is 7.11 Å². The van der Waals surface area contributed by atoms with E-state index >= 15 is 0 Å². The zero-order valence-corrected chi connectivity index (χ0v) is 15.4. The molecule has 0 amide bonds. The summed E-state index contributed by atoms with van der Waals surface area (Å²) >= 11 is 6.64. The van der Waals surface area contributed by atoms with Crippen LogP contribution in [-0.4, -0.2) is 19.3 Å². The highest BCUT2D eigenvalue weighted by Crippen LogP contribution is 2.35. The number of para-hydroxylation sites is 1. The molecule has 0 saturated heterocycles. The molecule has 0 saturated carbocycles. The van der Waals surface area contributed by atoms with Gasteiger partial charge in [0, 0.05) is 22.6 Å². The summed E-state index contributed by atoms with van der Waals surface area (Å²) in [5, 5.41) is 4.70. The third kappa shape index (κ3) is 3.07. The maximum atomic E-state index is 12.0. The lowest BCUT2D eigenvalue weighted by Gasteiger charge is -2.11. The maximum absolute atomic E-state index is 12.0. The van der Waals surface area contributed by atoms with E-state index in [4.69, 9.17) is 16.3 Å². The van der Waals surface area contributed by atoms with Gasteiger partial charge in [-0.2, -0.15) is 0 Å². The first kappa shape index (κ1) is 17.3. The van der Waals surface area contributed by atoms with E-state index in [9.17, 15) is 4.79 Å². The minimum atomic E-state index is -0.409. The summed E-state index contributed by atoms with van der Waals surface area (Å²) in [6, 6.07) is 23.1. The molecule has 0 unspecified atom stereocenters. The van der Waals surface area contributed by atoms with Gasteiger partial charge in [-0.05, 0) is 22.9 Å². The van der Waals surface area contributed by atoms with Crippen LogP contribution in [0.5, 0.6) is 0 Å². The lowest BCUT2D eigenvalue weighted by molar-refractivity contribution is 0.0601. The number of esters is 1. The van der Waals surface area contributed by atoms with Crippen molar-refractivity contribution >= 4 is 51.0 Å². The van der Waals surface area contributed by atoms with Crippen LogP contribution in [0.1, 0.15) is 15.9 Å². The summed E-state index contributed by atoms with van der Waals surface area (Å²) < 4.78 is 4.85. The van der Waals surface area contributed by atoms with Crippen molar-refractivity contribution in [1.29, 1.82) is 0 Å². The minimum absolute atomic E-state index is 0.409.